The van der Waals surface area contributed by atoms with Crippen molar-refractivity contribution in [2.24, 2.45) is 0 Å². The molecule has 0 radical (unpaired) electrons. The van der Waals surface area contributed by atoms with E-state index in [-0.39, 0.29) is 5.56 Å². The molecule has 2 N–H and O–H groups in total. The highest BCUT2D eigenvalue weighted by atomic mass is 32.2. The number of thioether (sulfide) groups is 1. The number of amides is 3. The minimum absolute atomic E-state index is 0.122. The second kappa shape index (κ2) is 10.3. The van der Waals surface area contributed by atoms with Crippen molar-refractivity contribution in [2.75, 3.05) is 0 Å². The third-order valence-electron chi connectivity index (χ3n) is 4.95. The molecule has 0 aliphatic heterocycles. The van der Waals surface area contributed by atoms with Crippen LogP contribution in [-0.2, 0) is 17.9 Å². The van der Waals surface area contributed by atoms with Crippen LogP contribution in [-0.4, -0.2) is 26.7 Å². The van der Waals surface area contributed by atoms with Crippen LogP contribution in [0.4, 0.5) is 4.79 Å². The standard InChI is InChI=1S/C23H22N4O3S3/c1-3-27-21(29)18-16(17-10-7-11-31-17)13-32-20(18)26-23(27)33-14(2)19(28)25-22(30)24-12-15-8-5-4-6-9-15/h4-11,13-14H,3,12H2,1-2H3,(H2,24,25,28,30). The molecule has 7 nitrogen and oxygen atoms in total. The van der Waals surface area contributed by atoms with Crippen molar-refractivity contribution in [3.05, 3.63) is 69.1 Å². The minimum atomic E-state index is -0.619. The summed E-state index contributed by atoms with van der Waals surface area (Å²) in [5, 5.41) is 9.41. The topological polar surface area (TPSA) is 93.1 Å². The Hall–Kier alpha value is -2.95. The molecule has 1 atom stereocenters. The van der Waals surface area contributed by atoms with Crippen molar-refractivity contribution in [1.82, 2.24) is 20.2 Å². The lowest BCUT2D eigenvalue weighted by molar-refractivity contribution is -0.119. The van der Waals surface area contributed by atoms with Crippen molar-refractivity contribution >= 4 is 56.6 Å². The number of hydrogen-bond donors (Lipinski definition) is 2. The van der Waals surface area contributed by atoms with E-state index in [1.54, 1.807) is 22.8 Å². The lowest BCUT2D eigenvalue weighted by Crippen LogP contribution is -2.42. The number of rotatable bonds is 7. The average Bonchev–Trinajstić information content (AvgIpc) is 3.48. The van der Waals surface area contributed by atoms with Gasteiger partial charge in [-0.15, -0.1) is 22.7 Å². The van der Waals surface area contributed by atoms with E-state index in [1.165, 1.54) is 11.3 Å². The molecular weight excluding hydrogens is 476 g/mol. The highest BCUT2D eigenvalue weighted by Crippen LogP contribution is 2.35. The smallest absolute Gasteiger partial charge is 0.321 e. The Kier molecular flexibility index (Phi) is 7.26. The average molecular weight is 499 g/mol. The molecule has 33 heavy (non-hydrogen) atoms. The van der Waals surface area contributed by atoms with E-state index >= 15 is 0 Å². The maximum atomic E-state index is 13.3. The molecule has 1 aromatic carbocycles. The third kappa shape index (κ3) is 5.18. The van der Waals surface area contributed by atoms with Gasteiger partial charge in [-0.05, 0) is 30.9 Å². The molecular formula is C23H22N4O3S3. The molecule has 0 bridgehead atoms. The molecule has 4 rings (SSSR count). The van der Waals surface area contributed by atoms with Crippen molar-refractivity contribution < 1.29 is 9.59 Å². The van der Waals surface area contributed by atoms with E-state index in [2.05, 4.69) is 15.6 Å². The van der Waals surface area contributed by atoms with E-state index in [4.69, 9.17) is 0 Å². The predicted octanol–water partition coefficient (Wildman–Crippen LogP) is 4.71. The number of carbonyl (C=O) groups excluding carboxylic acids is 2. The number of urea groups is 1. The molecule has 1 unspecified atom stereocenters. The van der Waals surface area contributed by atoms with Crippen LogP contribution in [0, 0.1) is 0 Å². The van der Waals surface area contributed by atoms with Gasteiger partial charge in [0.05, 0.1) is 10.6 Å². The number of fused-ring (bicyclic) bond motifs is 1. The Morgan fingerprint density at radius 2 is 1.94 bits per heavy atom. The van der Waals surface area contributed by atoms with Crippen molar-refractivity contribution in [2.45, 2.75) is 37.3 Å². The van der Waals surface area contributed by atoms with Gasteiger partial charge in [0.1, 0.15) is 4.83 Å². The second-order valence-electron chi connectivity index (χ2n) is 7.17. The number of benzene rings is 1. The summed E-state index contributed by atoms with van der Waals surface area (Å²) in [5.74, 6) is -0.451. The number of aromatic nitrogens is 2. The van der Waals surface area contributed by atoms with Gasteiger partial charge in [-0.2, -0.15) is 0 Å². The van der Waals surface area contributed by atoms with Crippen LogP contribution in [0.15, 0.2) is 63.2 Å². The SMILES string of the molecule is CCn1c(SC(C)C(=O)NC(=O)NCc2ccccc2)nc2scc(-c3cccs3)c2c1=O. The highest BCUT2D eigenvalue weighted by Gasteiger charge is 2.22. The van der Waals surface area contributed by atoms with Crippen LogP contribution >= 0.6 is 34.4 Å². The molecule has 0 aliphatic rings. The van der Waals surface area contributed by atoms with Gasteiger partial charge in [0, 0.05) is 28.9 Å². The van der Waals surface area contributed by atoms with Crippen LogP contribution < -0.4 is 16.2 Å². The molecule has 3 amide bonds. The monoisotopic (exact) mass is 498 g/mol. The van der Waals surface area contributed by atoms with Crippen LogP contribution in [0.3, 0.4) is 0 Å². The first-order valence-corrected chi connectivity index (χ1v) is 13.0. The third-order valence-corrected chi connectivity index (χ3v) is 7.81. The lowest BCUT2D eigenvalue weighted by atomic mass is 10.2. The van der Waals surface area contributed by atoms with Gasteiger partial charge in [-0.25, -0.2) is 9.78 Å². The largest absolute Gasteiger partial charge is 0.334 e. The van der Waals surface area contributed by atoms with Gasteiger partial charge in [0.2, 0.25) is 5.91 Å². The predicted molar refractivity (Wildman–Crippen MR) is 135 cm³/mol. The number of imide groups is 1. The Labute approximate surface area is 202 Å². The van der Waals surface area contributed by atoms with Gasteiger partial charge in [0.15, 0.2) is 5.16 Å². The zero-order valence-corrected chi connectivity index (χ0v) is 20.5. The molecule has 0 fully saturated rings. The lowest BCUT2D eigenvalue weighted by Gasteiger charge is -2.15. The summed E-state index contributed by atoms with van der Waals surface area (Å²) in [5.41, 5.74) is 1.70. The first kappa shape index (κ1) is 23.2. The molecule has 0 spiro atoms. The summed E-state index contributed by atoms with van der Waals surface area (Å²) in [4.78, 5) is 44.3. The Bertz CT molecular complexity index is 1330. The summed E-state index contributed by atoms with van der Waals surface area (Å²) in [6.07, 6.45) is 0. The normalized spacial score (nSPS) is 11.9. The van der Waals surface area contributed by atoms with E-state index < -0.39 is 17.2 Å². The number of nitrogens with one attached hydrogen (secondary N) is 2. The Morgan fingerprint density at radius 1 is 1.15 bits per heavy atom. The number of hydrogen-bond acceptors (Lipinski definition) is 7. The Morgan fingerprint density at radius 3 is 2.64 bits per heavy atom. The van der Waals surface area contributed by atoms with E-state index in [9.17, 15) is 14.4 Å². The molecule has 0 aliphatic carbocycles. The van der Waals surface area contributed by atoms with Crippen LogP contribution in [0.2, 0.25) is 0 Å². The molecule has 3 aromatic heterocycles. The highest BCUT2D eigenvalue weighted by molar-refractivity contribution is 8.00. The van der Waals surface area contributed by atoms with Crippen LogP contribution in [0.25, 0.3) is 20.7 Å². The van der Waals surface area contributed by atoms with Crippen molar-refractivity contribution in [1.29, 1.82) is 0 Å². The van der Waals surface area contributed by atoms with Gasteiger partial charge in [-0.3, -0.25) is 19.5 Å². The maximum Gasteiger partial charge on any atom is 0.321 e. The summed E-state index contributed by atoms with van der Waals surface area (Å²) < 4.78 is 1.58. The maximum absolute atomic E-state index is 13.3. The fourth-order valence-corrected chi connectivity index (χ4v) is 6.01. The zero-order chi connectivity index (χ0) is 23.4. The quantitative estimate of drug-likeness (QED) is 0.284. The van der Waals surface area contributed by atoms with Gasteiger partial charge >= 0.3 is 6.03 Å². The second-order valence-corrected chi connectivity index (χ2v) is 10.3. The molecule has 0 saturated carbocycles. The van der Waals surface area contributed by atoms with Crippen LogP contribution in [0.5, 0.6) is 0 Å². The van der Waals surface area contributed by atoms with E-state index in [0.29, 0.717) is 28.5 Å². The summed E-state index contributed by atoms with van der Waals surface area (Å²) in [6, 6.07) is 12.8. The zero-order valence-electron chi connectivity index (χ0n) is 18.0. The Balaban J connectivity index is 1.48. The molecule has 3 heterocycles. The van der Waals surface area contributed by atoms with E-state index in [0.717, 1.165) is 27.8 Å². The fourth-order valence-electron chi connectivity index (χ4n) is 3.24. The first-order valence-electron chi connectivity index (χ1n) is 10.3. The fraction of sp³-hybridized carbons (Fsp3) is 0.217. The minimum Gasteiger partial charge on any atom is -0.334 e. The van der Waals surface area contributed by atoms with Crippen LogP contribution in [0.1, 0.15) is 19.4 Å². The molecule has 170 valence electrons. The summed E-state index contributed by atoms with van der Waals surface area (Å²) in [7, 11) is 0. The summed E-state index contributed by atoms with van der Waals surface area (Å²) >= 11 is 4.16. The van der Waals surface area contributed by atoms with Gasteiger partial charge in [0.25, 0.3) is 5.56 Å². The van der Waals surface area contributed by atoms with Gasteiger partial charge < -0.3 is 5.32 Å². The molecule has 0 saturated heterocycles. The van der Waals surface area contributed by atoms with Crippen molar-refractivity contribution in [3.63, 3.8) is 0 Å². The first-order chi connectivity index (χ1) is 16.0. The van der Waals surface area contributed by atoms with Crippen molar-refractivity contribution in [3.8, 4) is 10.4 Å². The van der Waals surface area contributed by atoms with Gasteiger partial charge in [-0.1, -0.05) is 48.2 Å². The van der Waals surface area contributed by atoms with E-state index in [1.807, 2.05) is 60.1 Å². The molecule has 10 heteroatoms. The number of carbonyl (C=O) groups is 2. The molecule has 4 aromatic rings. The summed E-state index contributed by atoms with van der Waals surface area (Å²) in [6.45, 7) is 4.31. The number of nitrogens with zero attached hydrogens (tertiary/aromatic N) is 2. The number of thiophene rings is 2.